The van der Waals surface area contributed by atoms with Crippen molar-refractivity contribution < 1.29 is 0 Å². The molecule has 68 valence electrons. The third kappa shape index (κ3) is 2.23. The molecule has 0 saturated carbocycles. The number of rotatable bonds is 1. The van der Waals surface area contributed by atoms with E-state index in [1.54, 1.807) is 0 Å². The van der Waals surface area contributed by atoms with Gasteiger partial charge in [-0.1, -0.05) is 45.1 Å². The Balaban J connectivity index is 2.59. The van der Waals surface area contributed by atoms with Crippen LogP contribution in [0.3, 0.4) is 0 Å². The highest BCUT2D eigenvalue weighted by Gasteiger charge is 2.23. The molecule has 0 aromatic rings. The summed E-state index contributed by atoms with van der Waals surface area (Å²) in [4.78, 5) is 0. The van der Waals surface area contributed by atoms with E-state index >= 15 is 0 Å². The van der Waals surface area contributed by atoms with Crippen molar-refractivity contribution in [3.05, 3.63) is 24.3 Å². The van der Waals surface area contributed by atoms with Crippen LogP contribution in [0.1, 0.15) is 40.0 Å². The molecule has 0 aliphatic heterocycles. The maximum absolute atomic E-state index is 4.22. The molecule has 0 radical (unpaired) electrons. The summed E-state index contributed by atoms with van der Waals surface area (Å²) in [5, 5.41) is 0. The van der Waals surface area contributed by atoms with Crippen LogP contribution >= 0.6 is 0 Å². The van der Waals surface area contributed by atoms with Crippen LogP contribution in [0.4, 0.5) is 0 Å². The van der Waals surface area contributed by atoms with Gasteiger partial charge in [0.1, 0.15) is 0 Å². The molecule has 1 atom stereocenters. The zero-order valence-corrected chi connectivity index (χ0v) is 8.56. The van der Waals surface area contributed by atoms with Crippen LogP contribution in [0, 0.1) is 11.3 Å². The molecule has 0 aromatic heterocycles. The van der Waals surface area contributed by atoms with Crippen molar-refractivity contribution in [1.29, 1.82) is 0 Å². The van der Waals surface area contributed by atoms with E-state index in [1.807, 2.05) is 0 Å². The SMILES string of the molecule is C=C(C1CC=CCC1)C(C)(C)C. The number of allylic oxidation sites excluding steroid dienone is 3. The molecule has 0 fully saturated rings. The Labute approximate surface area is 76.4 Å². The summed E-state index contributed by atoms with van der Waals surface area (Å²) in [6.07, 6.45) is 8.32. The summed E-state index contributed by atoms with van der Waals surface area (Å²) >= 11 is 0. The summed E-state index contributed by atoms with van der Waals surface area (Å²) in [6, 6.07) is 0. The molecule has 0 saturated heterocycles. The second kappa shape index (κ2) is 3.47. The van der Waals surface area contributed by atoms with Gasteiger partial charge in [0.15, 0.2) is 0 Å². The molecule has 0 aromatic carbocycles. The molecular weight excluding hydrogens is 144 g/mol. The van der Waals surface area contributed by atoms with Crippen LogP contribution in [0.25, 0.3) is 0 Å². The predicted molar refractivity (Wildman–Crippen MR) is 55.1 cm³/mol. The van der Waals surface area contributed by atoms with Gasteiger partial charge in [0.2, 0.25) is 0 Å². The molecule has 0 spiro atoms. The second-order valence-corrected chi connectivity index (χ2v) is 4.76. The normalized spacial score (nSPS) is 24.1. The van der Waals surface area contributed by atoms with E-state index in [4.69, 9.17) is 0 Å². The van der Waals surface area contributed by atoms with Gasteiger partial charge in [-0.3, -0.25) is 0 Å². The molecule has 0 amide bonds. The summed E-state index contributed by atoms with van der Waals surface area (Å²) < 4.78 is 0. The number of hydrogen-bond donors (Lipinski definition) is 0. The Bertz CT molecular complexity index is 191. The topological polar surface area (TPSA) is 0 Å². The largest absolute Gasteiger partial charge is 0.0990 e. The van der Waals surface area contributed by atoms with Gasteiger partial charge in [-0.2, -0.15) is 0 Å². The highest BCUT2D eigenvalue weighted by atomic mass is 14.3. The molecule has 0 bridgehead atoms. The molecule has 0 heteroatoms. The minimum atomic E-state index is 0.288. The average Bonchev–Trinajstić information content (AvgIpc) is 2.03. The Morgan fingerprint density at radius 1 is 1.33 bits per heavy atom. The highest BCUT2D eigenvalue weighted by molar-refractivity contribution is 5.13. The van der Waals surface area contributed by atoms with Crippen molar-refractivity contribution in [2.24, 2.45) is 11.3 Å². The monoisotopic (exact) mass is 164 g/mol. The molecule has 1 rings (SSSR count). The van der Waals surface area contributed by atoms with E-state index < -0.39 is 0 Å². The standard InChI is InChI=1S/C12H20/c1-10(12(2,3)4)11-8-6-5-7-9-11/h5-6,11H,1,7-9H2,2-4H3. The summed E-state index contributed by atoms with van der Waals surface area (Å²) in [5.41, 5.74) is 1.71. The van der Waals surface area contributed by atoms with Gasteiger partial charge in [-0.15, -0.1) is 0 Å². The molecule has 0 heterocycles. The number of hydrogen-bond acceptors (Lipinski definition) is 0. The van der Waals surface area contributed by atoms with Gasteiger partial charge in [0, 0.05) is 0 Å². The Morgan fingerprint density at radius 2 is 2.00 bits per heavy atom. The minimum absolute atomic E-state index is 0.288. The van der Waals surface area contributed by atoms with E-state index in [9.17, 15) is 0 Å². The fourth-order valence-corrected chi connectivity index (χ4v) is 1.72. The van der Waals surface area contributed by atoms with Crippen molar-refractivity contribution in [3.63, 3.8) is 0 Å². The lowest BCUT2D eigenvalue weighted by atomic mass is 9.75. The maximum atomic E-state index is 4.22. The van der Waals surface area contributed by atoms with Crippen LogP contribution in [-0.4, -0.2) is 0 Å². The third-order valence-corrected chi connectivity index (χ3v) is 2.73. The quantitative estimate of drug-likeness (QED) is 0.515. The molecule has 1 aliphatic rings. The van der Waals surface area contributed by atoms with Gasteiger partial charge in [0.05, 0.1) is 0 Å². The molecule has 1 aliphatic carbocycles. The van der Waals surface area contributed by atoms with Gasteiger partial charge >= 0.3 is 0 Å². The first-order valence-electron chi connectivity index (χ1n) is 4.86. The summed E-state index contributed by atoms with van der Waals surface area (Å²) in [7, 11) is 0. The first kappa shape index (κ1) is 9.57. The van der Waals surface area contributed by atoms with Gasteiger partial charge in [-0.25, -0.2) is 0 Å². The summed E-state index contributed by atoms with van der Waals surface area (Å²) in [5.74, 6) is 0.731. The smallest absolute Gasteiger partial charge is 0.0163 e. The van der Waals surface area contributed by atoms with Gasteiger partial charge in [-0.05, 0) is 30.6 Å². The summed E-state index contributed by atoms with van der Waals surface area (Å²) in [6.45, 7) is 11.0. The minimum Gasteiger partial charge on any atom is -0.0990 e. The maximum Gasteiger partial charge on any atom is -0.0163 e. The molecular formula is C12H20. The molecule has 0 nitrogen and oxygen atoms in total. The Kier molecular flexibility index (Phi) is 2.76. The third-order valence-electron chi connectivity index (χ3n) is 2.73. The first-order chi connectivity index (χ1) is 5.52. The fraction of sp³-hybridized carbons (Fsp3) is 0.667. The van der Waals surface area contributed by atoms with E-state index in [-0.39, 0.29) is 5.41 Å². The van der Waals surface area contributed by atoms with Crippen LogP contribution in [0.2, 0.25) is 0 Å². The molecule has 12 heavy (non-hydrogen) atoms. The Hall–Kier alpha value is -0.520. The van der Waals surface area contributed by atoms with E-state index in [0.717, 1.165) is 5.92 Å². The van der Waals surface area contributed by atoms with Crippen LogP contribution in [0.5, 0.6) is 0 Å². The van der Waals surface area contributed by atoms with Crippen molar-refractivity contribution in [3.8, 4) is 0 Å². The zero-order chi connectivity index (χ0) is 9.19. The van der Waals surface area contributed by atoms with Crippen molar-refractivity contribution in [2.45, 2.75) is 40.0 Å². The second-order valence-electron chi connectivity index (χ2n) is 4.76. The predicted octanol–water partition coefficient (Wildman–Crippen LogP) is 3.95. The van der Waals surface area contributed by atoms with Crippen LogP contribution in [-0.2, 0) is 0 Å². The zero-order valence-electron chi connectivity index (χ0n) is 8.56. The lowest BCUT2D eigenvalue weighted by Gasteiger charge is -2.30. The van der Waals surface area contributed by atoms with Crippen molar-refractivity contribution >= 4 is 0 Å². The highest BCUT2D eigenvalue weighted by Crippen LogP contribution is 2.35. The lowest BCUT2D eigenvalue weighted by molar-refractivity contribution is 0.404. The van der Waals surface area contributed by atoms with Crippen LogP contribution in [0.15, 0.2) is 24.3 Å². The van der Waals surface area contributed by atoms with E-state index in [0.29, 0.717) is 0 Å². The molecule has 1 unspecified atom stereocenters. The average molecular weight is 164 g/mol. The van der Waals surface area contributed by atoms with Crippen LogP contribution < -0.4 is 0 Å². The fourth-order valence-electron chi connectivity index (χ4n) is 1.72. The van der Waals surface area contributed by atoms with Crippen molar-refractivity contribution in [1.82, 2.24) is 0 Å². The van der Waals surface area contributed by atoms with Gasteiger partial charge < -0.3 is 0 Å². The lowest BCUT2D eigenvalue weighted by Crippen LogP contribution is -2.17. The van der Waals surface area contributed by atoms with Crippen molar-refractivity contribution in [2.75, 3.05) is 0 Å². The van der Waals surface area contributed by atoms with Gasteiger partial charge in [0.25, 0.3) is 0 Å². The van der Waals surface area contributed by atoms with E-state index in [1.165, 1.54) is 24.8 Å². The Morgan fingerprint density at radius 3 is 2.42 bits per heavy atom. The first-order valence-corrected chi connectivity index (χ1v) is 4.86. The van der Waals surface area contributed by atoms with E-state index in [2.05, 4.69) is 39.5 Å². The molecule has 0 N–H and O–H groups in total.